The first-order chi connectivity index (χ1) is 11.2. The highest BCUT2D eigenvalue weighted by molar-refractivity contribution is 7.98. The highest BCUT2D eigenvalue weighted by atomic mass is 32.2. The number of rotatable bonds is 6. The standard InChI is InChI=1S/C15H14F2N4OS/c1-22-12-4-2-11(3-5-12)20-8-7-19-15(20)23-10-13-18-6-9-21(13)14(16)17/h2-9,14H,10H2,1H3. The van der Waals surface area contributed by atoms with Crippen molar-refractivity contribution >= 4 is 11.8 Å². The summed E-state index contributed by atoms with van der Waals surface area (Å²) >= 11 is 1.35. The van der Waals surface area contributed by atoms with Crippen molar-refractivity contribution in [1.82, 2.24) is 19.1 Å². The van der Waals surface area contributed by atoms with Gasteiger partial charge in [-0.05, 0) is 24.3 Å². The van der Waals surface area contributed by atoms with Gasteiger partial charge in [-0.2, -0.15) is 8.78 Å². The highest BCUT2D eigenvalue weighted by Crippen LogP contribution is 2.25. The van der Waals surface area contributed by atoms with Crippen LogP contribution in [-0.2, 0) is 5.75 Å². The maximum atomic E-state index is 12.8. The number of methoxy groups -OCH3 is 1. The summed E-state index contributed by atoms with van der Waals surface area (Å²) in [6.07, 6.45) is 6.14. The van der Waals surface area contributed by atoms with E-state index in [4.69, 9.17) is 4.74 Å². The van der Waals surface area contributed by atoms with Gasteiger partial charge in [-0.1, -0.05) is 11.8 Å². The maximum Gasteiger partial charge on any atom is 0.319 e. The van der Waals surface area contributed by atoms with Gasteiger partial charge in [0.05, 0.1) is 12.9 Å². The van der Waals surface area contributed by atoms with Crippen molar-refractivity contribution in [3.8, 4) is 11.4 Å². The topological polar surface area (TPSA) is 44.9 Å². The van der Waals surface area contributed by atoms with Gasteiger partial charge >= 0.3 is 6.55 Å². The number of aromatic nitrogens is 4. The first kappa shape index (κ1) is 15.5. The molecule has 23 heavy (non-hydrogen) atoms. The number of imidazole rings is 2. The number of alkyl halides is 2. The Morgan fingerprint density at radius 3 is 2.57 bits per heavy atom. The summed E-state index contributed by atoms with van der Waals surface area (Å²) in [5, 5.41) is 0.707. The highest BCUT2D eigenvalue weighted by Gasteiger charge is 2.13. The Labute approximate surface area is 135 Å². The van der Waals surface area contributed by atoms with Crippen LogP contribution >= 0.6 is 11.8 Å². The summed E-state index contributed by atoms with van der Waals surface area (Å²) in [7, 11) is 1.61. The molecule has 0 aliphatic carbocycles. The van der Waals surface area contributed by atoms with Crippen LogP contribution in [0.25, 0.3) is 5.69 Å². The van der Waals surface area contributed by atoms with E-state index in [1.165, 1.54) is 24.2 Å². The minimum Gasteiger partial charge on any atom is -0.497 e. The molecule has 1 aromatic carbocycles. The summed E-state index contributed by atoms with van der Waals surface area (Å²) in [6.45, 7) is -2.59. The molecule has 3 rings (SSSR count). The SMILES string of the molecule is COc1ccc(-n2ccnc2SCc2nccn2C(F)F)cc1. The minimum absolute atomic E-state index is 0.310. The van der Waals surface area contributed by atoms with Crippen LogP contribution in [0.3, 0.4) is 0 Å². The smallest absolute Gasteiger partial charge is 0.319 e. The second kappa shape index (κ2) is 6.82. The molecule has 0 bridgehead atoms. The predicted octanol–water partition coefficient (Wildman–Crippen LogP) is 3.76. The van der Waals surface area contributed by atoms with E-state index in [1.54, 1.807) is 13.3 Å². The fourth-order valence-electron chi connectivity index (χ4n) is 2.10. The van der Waals surface area contributed by atoms with Gasteiger partial charge in [0, 0.05) is 30.5 Å². The lowest BCUT2D eigenvalue weighted by Crippen LogP contribution is -2.03. The normalized spacial score (nSPS) is 11.1. The van der Waals surface area contributed by atoms with E-state index in [-0.39, 0.29) is 0 Å². The van der Waals surface area contributed by atoms with Crippen LogP contribution < -0.4 is 4.74 Å². The van der Waals surface area contributed by atoms with E-state index in [9.17, 15) is 8.78 Å². The van der Waals surface area contributed by atoms with Crippen molar-refractivity contribution in [2.75, 3.05) is 7.11 Å². The Hall–Kier alpha value is -2.35. The quantitative estimate of drug-likeness (QED) is 0.643. The molecule has 120 valence electrons. The van der Waals surface area contributed by atoms with Crippen LogP contribution in [0.15, 0.2) is 54.2 Å². The molecule has 2 aromatic heterocycles. The number of nitrogens with zero attached hydrogens (tertiary/aromatic N) is 4. The van der Waals surface area contributed by atoms with Gasteiger partial charge < -0.3 is 4.74 Å². The van der Waals surface area contributed by atoms with Gasteiger partial charge in [0.15, 0.2) is 5.16 Å². The van der Waals surface area contributed by atoms with E-state index < -0.39 is 6.55 Å². The molecule has 0 atom stereocenters. The van der Waals surface area contributed by atoms with Crippen molar-refractivity contribution < 1.29 is 13.5 Å². The maximum absolute atomic E-state index is 12.8. The fourth-order valence-corrected chi connectivity index (χ4v) is 3.02. The second-order valence-corrected chi connectivity index (χ2v) is 5.54. The first-order valence-corrected chi connectivity index (χ1v) is 7.78. The Morgan fingerprint density at radius 2 is 1.87 bits per heavy atom. The molecule has 3 aromatic rings. The molecule has 0 aliphatic rings. The Balaban J connectivity index is 1.77. The Bertz CT molecular complexity index is 770. The van der Waals surface area contributed by atoms with E-state index in [0.717, 1.165) is 16.0 Å². The average molecular weight is 336 g/mol. The Kier molecular flexibility index (Phi) is 4.61. The largest absolute Gasteiger partial charge is 0.497 e. The molecule has 0 saturated heterocycles. The molecule has 0 N–H and O–H groups in total. The monoisotopic (exact) mass is 336 g/mol. The predicted molar refractivity (Wildman–Crippen MR) is 83.2 cm³/mol. The summed E-state index contributed by atoms with van der Waals surface area (Å²) in [5.74, 6) is 1.39. The van der Waals surface area contributed by atoms with Crippen molar-refractivity contribution in [3.05, 3.63) is 54.9 Å². The number of halogens is 2. The van der Waals surface area contributed by atoms with Crippen molar-refractivity contribution in [2.45, 2.75) is 17.5 Å². The van der Waals surface area contributed by atoms with Gasteiger partial charge in [-0.3, -0.25) is 9.13 Å². The van der Waals surface area contributed by atoms with Gasteiger partial charge in [0.2, 0.25) is 0 Å². The van der Waals surface area contributed by atoms with Crippen molar-refractivity contribution in [3.63, 3.8) is 0 Å². The molecule has 0 unspecified atom stereocenters. The molecule has 0 radical (unpaired) electrons. The van der Waals surface area contributed by atoms with E-state index in [0.29, 0.717) is 16.7 Å². The van der Waals surface area contributed by atoms with Crippen molar-refractivity contribution in [1.29, 1.82) is 0 Å². The van der Waals surface area contributed by atoms with E-state index >= 15 is 0 Å². The second-order valence-electron chi connectivity index (χ2n) is 4.59. The lowest BCUT2D eigenvalue weighted by molar-refractivity contribution is 0.0678. The zero-order valence-electron chi connectivity index (χ0n) is 12.3. The average Bonchev–Trinajstić information content (AvgIpc) is 3.22. The van der Waals surface area contributed by atoms with Crippen LogP contribution in [-0.4, -0.2) is 26.2 Å². The molecule has 8 heteroatoms. The van der Waals surface area contributed by atoms with Crippen LogP contribution in [0, 0.1) is 0 Å². The van der Waals surface area contributed by atoms with Gasteiger partial charge in [0.1, 0.15) is 11.6 Å². The molecular formula is C15H14F2N4OS. The molecule has 0 fully saturated rings. The number of ether oxygens (including phenoxy) is 1. The lowest BCUT2D eigenvalue weighted by atomic mass is 10.3. The third-order valence-corrected chi connectivity index (χ3v) is 4.21. The van der Waals surface area contributed by atoms with Gasteiger partial charge in [0.25, 0.3) is 0 Å². The van der Waals surface area contributed by atoms with Gasteiger partial charge in [-0.25, -0.2) is 9.97 Å². The molecule has 5 nitrogen and oxygen atoms in total. The minimum atomic E-state index is -2.59. The molecule has 0 spiro atoms. The van der Waals surface area contributed by atoms with E-state index in [1.807, 2.05) is 35.0 Å². The molecule has 0 aliphatic heterocycles. The number of benzene rings is 1. The van der Waals surface area contributed by atoms with Gasteiger partial charge in [-0.15, -0.1) is 0 Å². The van der Waals surface area contributed by atoms with Crippen LogP contribution in [0.5, 0.6) is 5.75 Å². The van der Waals surface area contributed by atoms with Crippen molar-refractivity contribution in [2.24, 2.45) is 0 Å². The third-order valence-electron chi connectivity index (χ3n) is 3.25. The number of hydrogen-bond donors (Lipinski definition) is 0. The van der Waals surface area contributed by atoms with Crippen LogP contribution in [0.2, 0.25) is 0 Å². The molecule has 0 saturated carbocycles. The van der Waals surface area contributed by atoms with E-state index in [2.05, 4.69) is 9.97 Å². The Morgan fingerprint density at radius 1 is 1.13 bits per heavy atom. The zero-order valence-corrected chi connectivity index (χ0v) is 13.1. The zero-order chi connectivity index (χ0) is 16.2. The fraction of sp³-hybridized carbons (Fsp3) is 0.200. The third kappa shape index (κ3) is 3.37. The van der Waals surface area contributed by atoms with Crippen LogP contribution in [0.1, 0.15) is 12.4 Å². The summed E-state index contributed by atoms with van der Waals surface area (Å²) in [5.41, 5.74) is 0.919. The summed E-state index contributed by atoms with van der Waals surface area (Å²) in [6, 6.07) is 7.52. The lowest BCUT2D eigenvalue weighted by Gasteiger charge is -2.09. The molecule has 0 amide bonds. The molecule has 2 heterocycles. The summed E-state index contributed by atoms with van der Waals surface area (Å²) < 4.78 is 33.5. The van der Waals surface area contributed by atoms with Crippen LogP contribution in [0.4, 0.5) is 8.78 Å². The first-order valence-electron chi connectivity index (χ1n) is 6.79. The number of thioether (sulfide) groups is 1. The number of hydrogen-bond acceptors (Lipinski definition) is 4. The summed E-state index contributed by atoms with van der Waals surface area (Å²) in [4.78, 5) is 8.25. The molecular weight excluding hydrogens is 322 g/mol.